The van der Waals surface area contributed by atoms with E-state index in [1.165, 1.54) is 5.57 Å². The van der Waals surface area contributed by atoms with Gasteiger partial charge < -0.3 is 35.6 Å². The number of hydrogen-bond donors (Lipinski definition) is 6. The van der Waals surface area contributed by atoms with Crippen molar-refractivity contribution in [2.75, 3.05) is 6.61 Å². The number of ether oxygens (including phenoxy) is 1. The Kier molecular flexibility index (Phi) is 7.79. The summed E-state index contributed by atoms with van der Waals surface area (Å²) in [5, 5.41) is 55.0. The molecule has 1 aliphatic heterocycles. The Morgan fingerprint density at radius 2 is 1.63 bits per heavy atom. The molecule has 0 radical (unpaired) electrons. The summed E-state index contributed by atoms with van der Waals surface area (Å²) in [6, 6.07) is 0. The predicted molar refractivity (Wildman–Crippen MR) is 162 cm³/mol. The van der Waals surface area contributed by atoms with Crippen LogP contribution in [-0.4, -0.2) is 74.8 Å². The van der Waals surface area contributed by atoms with Gasteiger partial charge in [-0.3, -0.25) is 4.79 Å². The van der Waals surface area contributed by atoms with Crippen LogP contribution in [0.5, 0.6) is 0 Å². The summed E-state index contributed by atoms with van der Waals surface area (Å²) >= 11 is 0. The van der Waals surface area contributed by atoms with Crippen LogP contribution in [0.15, 0.2) is 11.6 Å². The maximum Gasteiger partial charge on any atom is 0.228 e. The SMILES string of the molecule is C[C@H]1CCC[C@]2(C(=O)N[C@H]3OC(CO)[C@@H](O)[C@@H](O)C3O)CC[C@]3(C)C(=CCC4[C@@]5(C)CC[C@H](O)C(C)(C)C5CC[C@]43C)C12. The van der Waals surface area contributed by atoms with Crippen LogP contribution in [0.3, 0.4) is 0 Å². The van der Waals surface area contributed by atoms with Gasteiger partial charge in [0.15, 0.2) is 6.23 Å². The first kappa shape index (κ1) is 31.9. The number of amides is 1. The molecule has 8 nitrogen and oxygen atoms in total. The molecule has 8 heteroatoms. The van der Waals surface area contributed by atoms with Crippen molar-refractivity contribution in [3.8, 4) is 0 Å². The van der Waals surface area contributed by atoms with Crippen molar-refractivity contribution in [3.05, 3.63) is 11.6 Å². The Morgan fingerprint density at radius 1 is 0.907 bits per heavy atom. The highest BCUT2D eigenvalue weighted by Crippen LogP contribution is 2.75. The monoisotopic (exact) mass is 603 g/mol. The molecule has 1 heterocycles. The lowest BCUT2D eigenvalue weighted by atomic mass is 9.33. The maximum atomic E-state index is 14.4. The van der Waals surface area contributed by atoms with E-state index in [0.29, 0.717) is 17.8 Å². The number of carbonyl (C=O) groups excluding carboxylic acids is 1. The normalized spacial score (nSPS) is 54.3. The first-order valence-electron chi connectivity index (χ1n) is 17.1. The fourth-order valence-electron chi connectivity index (χ4n) is 12.3. The van der Waals surface area contributed by atoms with Crippen LogP contribution in [0.4, 0.5) is 0 Å². The van der Waals surface area contributed by atoms with Gasteiger partial charge in [0.05, 0.1) is 18.1 Å². The standard InChI is InChI=1S/C35H57NO7/c1-19-8-7-13-35(30(42)36-29-28(41)27(40)26(39)21(18-37)43-29)17-16-33(5)20(25(19)35)9-10-23-32(4)14-12-24(38)31(2,3)22(32)11-15-34(23,33)6/h9,19,21-29,37-41H,7-8,10-18H2,1-6H3,(H,36,42)/t19-,21?,22?,23?,24-,25?,26+,27+,28?,29-,32-,33+,34+,35-/m0/s1. The molecule has 0 aromatic rings. The molecule has 0 aromatic heterocycles. The van der Waals surface area contributed by atoms with Crippen molar-refractivity contribution in [2.45, 2.75) is 142 Å². The molecule has 5 aliphatic carbocycles. The van der Waals surface area contributed by atoms with Gasteiger partial charge in [-0.2, -0.15) is 0 Å². The number of fused-ring (bicyclic) bond motifs is 7. The van der Waals surface area contributed by atoms with Gasteiger partial charge in [0, 0.05) is 0 Å². The van der Waals surface area contributed by atoms with E-state index in [4.69, 9.17) is 4.74 Å². The molecule has 0 bridgehead atoms. The van der Waals surface area contributed by atoms with Crippen molar-refractivity contribution < 1.29 is 35.1 Å². The number of allylic oxidation sites excluding steroid dienone is 2. The lowest BCUT2D eigenvalue weighted by Crippen LogP contribution is -2.67. The first-order valence-corrected chi connectivity index (χ1v) is 17.1. The smallest absolute Gasteiger partial charge is 0.228 e. The summed E-state index contributed by atoms with van der Waals surface area (Å²) in [6.07, 6.45) is 5.21. The average Bonchev–Trinajstić information content (AvgIpc) is 2.96. The molecule has 4 saturated carbocycles. The van der Waals surface area contributed by atoms with Gasteiger partial charge in [-0.1, -0.05) is 66.0 Å². The van der Waals surface area contributed by atoms with Gasteiger partial charge in [-0.15, -0.1) is 0 Å². The summed E-state index contributed by atoms with van der Waals surface area (Å²) in [6.45, 7) is 13.9. The summed E-state index contributed by atoms with van der Waals surface area (Å²) in [7, 11) is 0. The minimum atomic E-state index is -1.52. The van der Waals surface area contributed by atoms with Gasteiger partial charge in [0.2, 0.25) is 5.91 Å². The van der Waals surface area contributed by atoms with E-state index in [2.05, 4.69) is 52.9 Å². The van der Waals surface area contributed by atoms with Crippen LogP contribution in [0.25, 0.3) is 0 Å². The molecule has 1 amide bonds. The highest BCUT2D eigenvalue weighted by atomic mass is 16.6. The Labute approximate surface area is 257 Å². The van der Waals surface area contributed by atoms with E-state index in [1.54, 1.807) is 0 Å². The molecule has 6 N–H and O–H groups in total. The van der Waals surface area contributed by atoms with E-state index in [9.17, 15) is 30.3 Å². The van der Waals surface area contributed by atoms with Crippen LogP contribution in [0.2, 0.25) is 0 Å². The molecule has 5 fully saturated rings. The zero-order valence-corrected chi connectivity index (χ0v) is 27.2. The maximum absolute atomic E-state index is 14.4. The zero-order valence-electron chi connectivity index (χ0n) is 27.2. The second-order valence-electron chi connectivity index (χ2n) is 16.9. The molecular formula is C35H57NO7. The van der Waals surface area contributed by atoms with Crippen molar-refractivity contribution in [3.63, 3.8) is 0 Å². The van der Waals surface area contributed by atoms with Crippen LogP contribution in [-0.2, 0) is 9.53 Å². The van der Waals surface area contributed by atoms with Crippen LogP contribution in [0, 0.1) is 50.7 Å². The zero-order chi connectivity index (χ0) is 31.3. The third kappa shape index (κ3) is 4.25. The molecule has 244 valence electrons. The van der Waals surface area contributed by atoms with Gasteiger partial charge in [-0.05, 0) is 96.7 Å². The third-order valence-corrected chi connectivity index (χ3v) is 15.0. The molecule has 0 aromatic carbocycles. The fourth-order valence-corrected chi connectivity index (χ4v) is 12.3. The lowest BCUT2D eigenvalue weighted by Gasteiger charge is -2.71. The number of aliphatic hydroxyl groups excluding tert-OH is 5. The lowest BCUT2D eigenvalue weighted by molar-refractivity contribution is -0.238. The van der Waals surface area contributed by atoms with Crippen LogP contribution in [0.1, 0.15) is 106 Å². The second kappa shape index (κ2) is 10.5. The first-order chi connectivity index (χ1) is 20.1. The molecule has 14 atom stereocenters. The Morgan fingerprint density at radius 3 is 2.33 bits per heavy atom. The highest BCUT2D eigenvalue weighted by molar-refractivity contribution is 5.84. The largest absolute Gasteiger partial charge is 0.394 e. The number of rotatable bonds is 3. The van der Waals surface area contributed by atoms with Gasteiger partial charge >= 0.3 is 0 Å². The quantitative estimate of drug-likeness (QED) is 0.271. The summed E-state index contributed by atoms with van der Waals surface area (Å²) in [4.78, 5) is 14.4. The summed E-state index contributed by atoms with van der Waals surface area (Å²) in [5.41, 5.74) is 0.939. The molecule has 1 saturated heterocycles. The molecule has 6 aliphatic rings. The number of hydrogen-bond acceptors (Lipinski definition) is 7. The topological polar surface area (TPSA) is 139 Å². The molecule has 5 unspecified atom stereocenters. The van der Waals surface area contributed by atoms with E-state index < -0.39 is 42.7 Å². The summed E-state index contributed by atoms with van der Waals surface area (Å²) < 4.78 is 5.72. The number of carbonyl (C=O) groups is 1. The van der Waals surface area contributed by atoms with E-state index in [-0.39, 0.29) is 39.6 Å². The van der Waals surface area contributed by atoms with Crippen molar-refractivity contribution in [2.24, 2.45) is 50.7 Å². The van der Waals surface area contributed by atoms with Gasteiger partial charge in [0.25, 0.3) is 0 Å². The Balaban J connectivity index is 1.34. The minimum Gasteiger partial charge on any atom is -0.394 e. The van der Waals surface area contributed by atoms with Crippen molar-refractivity contribution >= 4 is 5.91 Å². The van der Waals surface area contributed by atoms with Crippen molar-refractivity contribution in [1.29, 1.82) is 0 Å². The predicted octanol–water partition coefficient (Wildman–Crippen LogP) is 3.68. The van der Waals surface area contributed by atoms with E-state index in [0.717, 1.165) is 64.2 Å². The van der Waals surface area contributed by atoms with Gasteiger partial charge in [-0.25, -0.2) is 0 Å². The fraction of sp³-hybridized carbons (Fsp3) is 0.914. The van der Waals surface area contributed by atoms with Crippen LogP contribution < -0.4 is 5.32 Å². The number of aliphatic hydroxyl groups is 5. The molecular weight excluding hydrogens is 546 g/mol. The molecule has 6 rings (SSSR count). The second-order valence-corrected chi connectivity index (χ2v) is 16.9. The van der Waals surface area contributed by atoms with E-state index >= 15 is 0 Å². The number of nitrogens with one attached hydrogen (secondary N) is 1. The van der Waals surface area contributed by atoms with Crippen LogP contribution >= 0.6 is 0 Å². The highest BCUT2D eigenvalue weighted by Gasteiger charge is 2.69. The molecule has 43 heavy (non-hydrogen) atoms. The average molecular weight is 604 g/mol. The minimum absolute atomic E-state index is 0.0344. The summed E-state index contributed by atoms with van der Waals surface area (Å²) in [5.74, 6) is 1.27. The van der Waals surface area contributed by atoms with E-state index in [1.807, 2.05) is 0 Å². The van der Waals surface area contributed by atoms with Crippen molar-refractivity contribution in [1.82, 2.24) is 5.32 Å². The Bertz CT molecular complexity index is 1140. The third-order valence-electron chi connectivity index (χ3n) is 15.0. The van der Waals surface area contributed by atoms with Gasteiger partial charge in [0.1, 0.15) is 24.4 Å². The Hall–Kier alpha value is -1.03. The molecule has 0 spiro atoms.